The summed E-state index contributed by atoms with van der Waals surface area (Å²) in [5.74, 6) is 0. The van der Waals surface area contributed by atoms with Crippen LogP contribution in [-0.4, -0.2) is 9.55 Å². The monoisotopic (exact) mass is 194 g/mol. The first-order chi connectivity index (χ1) is 6.20. The van der Waals surface area contributed by atoms with Gasteiger partial charge in [0.05, 0.1) is 11.0 Å². The zero-order valence-electron chi connectivity index (χ0n) is 6.99. The average molecular weight is 195 g/mol. The molecule has 2 aromatic rings. The second kappa shape index (κ2) is 2.85. The van der Waals surface area contributed by atoms with Gasteiger partial charge in [0.15, 0.2) is 5.15 Å². The zero-order valence-corrected chi connectivity index (χ0v) is 7.75. The summed E-state index contributed by atoms with van der Waals surface area (Å²) < 4.78 is 1.49. The summed E-state index contributed by atoms with van der Waals surface area (Å²) in [4.78, 5) is 15.3. The fraction of sp³-hybridized carbons (Fsp3) is 0.111. The minimum Gasteiger partial charge on any atom is -0.307 e. The van der Waals surface area contributed by atoms with Gasteiger partial charge in [0, 0.05) is 7.05 Å². The number of fused-ring (bicyclic) bond motifs is 1. The van der Waals surface area contributed by atoms with Crippen molar-refractivity contribution in [3.8, 4) is 0 Å². The van der Waals surface area contributed by atoms with E-state index in [1.54, 1.807) is 7.05 Å². The minimum atomic E-state index is -0.264. The predicted molar refractivity (Wildman–Crippen MR) is 52.0 cm³/mol. The molecule has 0 atom stereocenters. The highest BCUT2D eigenvalue weighted by Crippen LogP contribution is 2.09. The Morgan fingerprint density at radius 2 is 2.08 bits per heavy atom. The van der Waals surface area contributed by atoms with E-state index in [1.165, 1.54) is 4.57 Å². The lowest BCUT2D eigenvalue weighted by Crippen LogP contribution is -2.18. The fourth-order valence-corrected chi connectivity index (χ4v) is 1.46. The molecule has 0 spiro atoms. The number of aryl methyl sites for hydroxylation is 1. The van der Waals surface area contributed by atoms with Crippen LogP contribution in [0.2, 0.25) is 5.15 Å². The molecule has 2 rings (SSSR count). The number of hydrogen-bond acceptors (Lipinski definition) is 2. The Morgan fingerprint density at radius 1 is 1.38 bits per heavy atom. The lowest BCUT2D eigenvalue weighted by Gasteiger charge is -2.03. The van der Waals surface area contributed by atoms with E-state index in [1.807, 2.05) is 24.3 Å². The molecule has 0 bridgehead atoms. The van der Waals surface area contributed by atoms with Gasteiger partial charge in [0.2, 0.25) is 0 Å². The number of benzene rings is 1. The highest BCUT2D eigenvalue weighted by atomic mass is 35.5. The van der Waals surface area contributed by atoms with Gasteiger partial charge in [0.1, 0.15) is 0 Å². The van der Waals surface area contributed by atoms with Gasteiger partial charge < -0.3 is 4.57 Å². The molecular formula is C9H7ClN2O. The van der Waals surface area contributed by atoms with E-state index in [4.69, 9.17) is 11.6 Å². The van der Waals surface area contributed by atoms with E-state index >= 15 is 0 Å². The highest BCUT2D eigenvalue weighted by molar-refractivity contribution is 6.29. The summed E-state index contributed by atoms with van der Waals surface area (Å²) in [6.45, 7) is 0. The maximum Gasteiger partial charge on any atom is 0.288 e. The molecule has 66 valence electrons. The second-order valence-electron chi connectivity index (χ2n) is 2.76. The number of hydrogen-bond donors (Lipinski definition) is 0. The lowest BCUT2D eigenvalue weighted by atomic mass is 10.3. The summed E-state index contributed by atoms with van der Waals surface area (Å²) >= 11 is 5.65. The number of para-hydroxylation sites is 2. The van der Waals surface area contributed by atoms with E-state index < -0.39 is 0 Å². The quantitative estimate of drug-likeness (QED) is 0.639. The molecule has 0 aliphatic carbocycles. The topological polar surface area (TPSA) is 34.9 Å². The number of nitrogens with zero attached hydrogens (tertiary/aromatic N) is 2. The lowest BCUT2D eigenvalue weighted by molar-refractivity contribution is 0.892. The van der Waals surface area contributed by atoms with Gasteiger partial charge in [-0.15, -0.1) is 0 Å². The first-order valence-electron chi connectivity index (χ1n) is 3.81. The van der Waals surface area contributed by atoms with E-state index in [0.29, 0.717) is 0 Å². The van der Waals surface area contributed by atoms with Crippen LogP contribution in [0.4, 0.5) is 0 Å². The Bertz CT molecular complexity index is 518. The first-order valence-corrected chi connectivity index (χ1v) is 4.19. The Balaban J connectivity index is 3.02. The van der Waals surface area contributed by atoms with Gasteiger partial charge in [-0.25, -0.2) is 4.98 Å². The summed E-state index contributed by atoms with van der Waals surface area (Å²) in [6, 6.07) is 7.37. The van der Waals surface area contributed by atoms with Gasteiger partial charge in [-0.3, -0.25) is 4.79 Å². The number of rotatable bonds is 0. The van der Waals surface area contributed by atoms with Gasteiger partial charge >= 0.3 is 0 Å². The molecular weight excluding hydrogens is 188 g/mol. The van der Waals surface area contributed by atoms with Crippen molar-refractivity contribution in [2.45, 2.75) is 0 Å². The minimum absolute atomic E-state index is 0.0150. The third kappa shape index (κ3) is 1.21. The summed E-state index contributed by atoms with van der Waals surface area (Å²) in [5, 5.41) is 0.0150. The van der Waals surface area contributed by atoms with Crippen LogP contribution in [0, 0.1) is 0 Å². The first kappa shape index (κ1) is 8.26. The van der Waals surface area contributed by atoms with Crippen molar-refractivity contribution in [1.29, 1.82) is 0 Å². The van der Waals surface area contributed by atoms with Crippen LogP contribution in [-0.2, 0) is 7.05 Å². The average Bonchev–Trinajstić information content (AvgIpc) is 2.15. The van der Waals surface area contributed by atoms with Gasteiger partial charge in [0.25, 0.3) is 5.56 Å². The zero-order chi connectivity index (χ0) is 9.42. The van der Waals surface area contributed by atoms with Crippen LogP contribution in [0.1, 0.15) is 0 Å². The van der Waals surface area contributed by atoms with Crippen LogP contribution in [0.5, 0.6) is 0 Å². The predicted octanol–water partition coefficient (Wildman–Crippen LogP) is 1.59. The fourth-order valence-electron chi connectivity index (χ4n) is 1.24. The molecule has 0 fully saturated rings. The molecule has 0 aliphatic heterocycles. The largest absolute Gasteiger partial charge is 0.307 e. The molecule has 0 amide bonds. The summed E-state index contributed by atoms with van der Waals surface area (Å²) in [7, 11) is 1.68. The normalized spacial score (nSPS) is 10.6. The molecule has 0 radical (unpaired) electrons. The van der Waals surface area contributed by atoms with Crippen LogP contribution in [0.15, 0.2) is 29.1 Å². The van der Waals surface area contributed by atoms with Crippen molar-refractivity contribution in [2.24, 2.45) is 7.05 Å². The van der Waals surface area contributed by atoms with Crippen molar-refractivity contribution >= 4 is 22.6 Å². The highest BCUT2D eigenvalue weighted by Gasteiger charge is 2.04. The molecule has 0 aliphatic rings. The molecule has 3 nitrogen and oxygen atoms in total. The van der Waals surface area contributed by atoms with Crippen LogP contribution >= 0.6 is 11.6 Å². The van der Waals surface area contributed by atoms with Crippen molar-refractivity contribution in [2.75, 3.05) is 0 Å². The van der Waals surface area contributed by atoms with Crippen molar-refractivity contribution in [3.05, 3.63) is 39.8 Å². The van der Waals surface area contributed by atoms with E-state index in [2.05, 4.69) is 4.98 Å². The summed E-state index contributed by atoms with van der Waals surface area (Å²) in [5.41, 5.74) is 1.26. The smallest absolute Gasteiger partial charge is 0.288 e. The maximum absolute atomic E-state index is 11.4. The van der Waals surface area contributed by atoms with Gasteiger partial charge in [-0.2, -0.15) is 0 Å². The van der Waals surface area contributed by atoms with E-state index in [0.717, 1.165) is 11.0 Å². The molecule has 1 heterocycles. The Morgan fingerprint density at radius 3 is 2.85 bits per heavy atom. The molecule has 13 heavy (non-hydrogen) atoms. The van der Waals surface area contributed by atoms with Crippen LogP contribution in [0.3, 0.4) is 0 Å². The molecule has 0 saturated carbocycles. The molecule has 0 N–H and O–H groups in total. The van der Waals surface area contributed by atoms with Gasteiger partial charge in [-0.1, -0.05) is 23.7 Å². The molecule has 0 unspecified atom stereocenters. The third-order valence-corrected chi connectivity index (χ3v) is 2.19. The van der Waals surface area contributed by atoms with Crippen LogP contribution in [0.25, 0.3) is 11.0 Å². The third-order valence-electron chi connectivity index (χ3n) is 1.94. The Hall–Kier alpha value is -1.35. The molecule has 1 aromatic carbocycles. The standard InChI is InChI=1S/C9H7ClN2O/c1-12-7-5-3-2-4-6(7)11-8(10)9(12)13/h2-5H,1H3. The SMILES string of the molecule is Cn1c(=O)c(Cl)nc2ccccc21. The van der Waals surface area contributed by atoms with Crippen LogP contribution < -0.4 is 5.56 Å². The molecule has 4 heteroatoms. The maximum atomic E-state index is 11.4. The van der Waals surface area contributed by atoms with Gasteiger partial charge in [-0.05, 0) is 12.1 Å². The second-order valence-corrected chi connectivity index (χ2v) is 3.11. The van der Waals surface area contributed by atoms with Crippen molar-refractivity contribution in [3.63, 3.8) is 0 Å². The Kier molecular flexibility index (Phi) is 1.81. The number of halogens is 1. The van der Waals surface area contributed by atoms with Crippen molar-refractivity contribution in [1.82, 2.24) is 9.55 Å². The molecule has 0 saturated heterocycles. The summed E-state index contributed by atoms with van der Waals surface area (Å²) in [6.07, 6.45) is 0. The van der Waals surface area contributed by atoms with E-state index in [9.17, 15) is 4.79 Å². The van der Waals surface area contributed by atoms with Crippen molar-refractivity contribution < 1.29 is 0 Å². The number of aromatic nitrogens is 2. The molecule has 1 aromatic heterocycles. The van der Waals surface area contributed by atoms with E-state index in [-0.39, 0.29) is 10.7 Å². The Labute approximate surface area is 79.6 Å².